The molecule has 0 fully saturated rings. The first-order chi connectivity index (χ1) is 8.99. The van der Waals surface area contributed by atoms with Gasteiger partial charge in [-0.15, -0.1) is 0 Å². The third-order valence-electron chi connectivity index (χ3n) is 3.74. The summed E-state index contributed by atoms with van der Waals surface area (Å²) in [5, 5.41) is 0. The minimum atomic E-state index is -3.78. The lowest BCUT2D eigenvalue weighted by Crippen LogP contribution is -2.02. The lowest BCUT2D eigenvalue weighted by atomic mass is 9.90. The number of rotatable bonds is 13. The molecule has 19 heavy (non-hydrogen) atoms. The molecule has 0 rings (SSSR count). The van der Waals surface area contributed by atoms with E-state index < -0.39 is 7.60 Å². The Bertz CT molecular complexity index is 228. The molecule has 0 aromatic rings. The smallest absolute Gasteiger partial charge is 0.324 e. The highest BCUT2D eigenvalue weighted by atomic mass is 31.2. The summed E-state index contributed by atoms with van der Waals surface area (Å²) in [6.07, 6.45) is 13.2. The Hall–Kier alpha value is 0.150. The van der Waals surface area contributed by atoms with E-state index in [0.717, 1.165) is 18.8 Å². The van der Waals surface area contributed by atoms with Gasteiger partial charge in [-0.2, -0.15) is 0 Å². The molecule has 3 nitrogen and oxygen atoms in total. The summed E-state index contributed by atoms with van der Waals surface area (Å²) in [6, 6.07) is 0. The monoisotopic (exact) mass is 292 g/mol. The van der Waals surface area contributed by atoms with Gasteiger partial charge in [0.05, 0.1) is 0 Å². The third-order valence-corrected chi connectivity index (χ3v) is 4.64. The van der Waals surface area contributed by atoms with E-state index in [1.165, 1.54) is 51.4 Å². The molecule has 0 heterocycles. The molecular formula is C15H33O3P. The van der Waals surface area contributed by atoms with Crippen LogP contribution in [-0.4, -0.2) is 15.9 Å². The molecular weight excluding hydrogens is 259 g/mol. The van der Waals surface area contributed by atoms with Crippen molar-refractivity contribution < 1.29 is 14.4 Å². The molecule has 0 saturated carbocycles. The average molecular weight is 292 g/mol. The van der Waals surface area contributed by atoms with E-state index in [1.54, 1.807) is 0 Å². The second kappa shape index (κ2) is 11.9. The first-order valence-electron chi connectivity index (χ1n) is 8.04. The largest absolute Gasteiger partial charge is 0.325 e. The van der Waals surface area contributed by atoms with Crippen LogP contribution < -0.4 is 0 Å². The van der Waals surface area contributed by atoms with Crippen molar-refractivity contribution >= 4 is 7.60 Å². The highest BCUT2D eigenvalue weighted by Crippen LogP contribution is 2.36. The van der Waals surface area contributed by atoms with Gasteiger partial charge in [-0.3, -0.25) is 4.57 Å². The normalized spacial score (nSPS) is 12.3. The molecule has 0 aromatic heterocycles. The van der Waals surface area contributed by atoms with Crippen LogP contribution in [0.2, 0.25) is 0 Å². The number of unbranched alkanes of at least 4 members (excludes halogenated alkanes) is 5. The molecule has 0 aromatic carbocycles. The minimum absolute atomic E-state index is 0.0592. The fourth-order valence-electron chi connectivity index (χ4n) is 2.55. The fraction of sp³-hybridized carbons (Fsp3) is 1.00. The number of hydrogen-bond acceptors (Lipinski definition) is 1. The van der Waals surface area contributed by atoms with Crippen LogP contribution in [-0.2, 0) is 4.57 Å². The SMILES string of the molecule is CCCCCC(CCCCC)CCCCP(=O)(O)O. The summed E-state index contributed by atoms with van der Waals surface area (Å²) in [5.74, 6) is 0.773. The van der Waals surface area contributed by atoms with E-state index in [4.69, 9.17) is 9.79 Å². The van der Waals surface area contributed by atoms with E-state index in [9.17, 15) is 4.57 Å². The van der Waals surface area contributed by atoms with Gasteiger partial charge in [0.15, 0.2) is 0 Å². The van der Waals surface area contributed by atoms with E-state index in [-0.39, 0.29) is 6.16 Å². The molecule has 0 amide bonds. The van der Waals surface area contributed by atoms with Crippen LogP contribution >= 0.6 is 7.60 Å². The molecule has 0 aliphatic rings. The molecule has 0 atom stereocenters. The van der Waals surface area contributed by atoms with E-state index in [1.807, 2.05) is 0 Å². The molecule has 0 aliphatic carbocycles. The minimum Gasteiger partial charge on any atom is -0.324 e. The highest BCUT2D eigenvalue weighted by molar-refractivity contribution is 7.51. The Morgan fingerprint density at radius 2 is 1.21 bits per heavy atom. The maximum atomic E-state index is 10.8. The Balaban J connectivity index is 3.79. The van der Waals surface area contributed by atoms with Gasteiger partial charge in [0.25, 0.3) is 0 Å². The van der Waals surface area contributed by atoms with E-state index >= 15 is 0 Å². The molecule has 0 spiro atoms. The van der Waals surface area contributed by atoms with Crippen molar-refractivity contribution in [3.63, 3.8) is 0 Å². The summed E-state index contributed by atoms with van der Waals surface area (Å²) < 4.78 is 10.8. The van der Waals surface area contributed by atoms with Gasteiger partial charge in [-0.05, 0) is 12.3 Å². The Morgan fingerprint density at radius 3 is 1.58 bits per heavy atom. The Morgan fingerprint density at radius 1 is 0.789 bits per heavy atom. The van der Waals surface area contributed by atoms with Crippen molar-refractivity contribution in [1.29, 1.82) is 0 Å². The Kier molecular flexibility index (Phi) is 12.0. The van der Waals surface area contributed by atoms with Crippen molar-refractivity contribution in [1.82, 2.24) is 0 Å². The van der Waals surface area contributed by atoms with Crippen LogP contribution in [0, 0.1) is 5.92 Å². The summed E-state index contributed by atoms with van der Waals surface area (Å²) in [7, 11) is -3.78. The highest BCUT2D eigenvalue weighted by Gasteiger charge is 2.13. The van der Waals surface area contributed by atoms with Gasteiger partial charge < -0.3 is 9.79 Å². The van der Waals surface area contributed by atoms with Gasteiger partial charge in [0.2, 0.25) is 0 Å². The van der Waals surface area contributed by atoms with Crippen molar-refractivity contribution in [3.05, 3.63) is 0 Å². The summed E-state index contributed by atoms with van der Waals surface area (Å²) in [4.78, 5) is 17.7. The molecule has 116 valence electrons. The van der Waals surface area contributed by atoms with Crippen molar-refractivity contribution in [2.75, 3.05) is 6.16 Å². The lowest BCUT2D eigenvalue weighted by Gasteiger charge is -2.16. The van der Waals surface area contributed by atoms with E-state index in [0.29, 0.717) is 6.42 Å². The van der Waals surface area contributed by atoms with Gasteiger partial charge in [-0.1, -0.05) is 78.1 Å². The van der Waals surface area contributed by atoms with Crippen LogP contribution in [0.15, 0.2) is 0 Å². The molecule has 0 aliphatic heterocycles. The van der Waals surface area contributed by atoms with Crippen molar-refractivity contribution in [2.24, 2.45) is 5.92 Å². The fourth-order valence-corrected chi connectivity index (χ4v) is 3.19. The van der Waals surface area contributed by atoms with Gasteiger partial charge >= 0.3 is 7.60 Å². The van der Waals surface area contributed by atoms with Crippen molar-refractivity contribution in [3.8, 4) is 0 Å². The van der Waals surface area contributed by atoms with Gasteiger partial charge in [-0.25, -0.2) is 0 Å². The predicted octanol–water partition coefficient (Wildman–Crippen LogP) is 5.11. The maximum absolute atomic E-state index is 10.8. The summed E-state index contributed by atoms with van der Waals surface area (Å²) >= 11 is 0. The first-order valence-corrected chi connectivity index (χ1v) is 9.84. The maximum Gasteiger partial charge on any atom is 0.325 e. The average Bonchev–Trinajstić information content (AvgIpc) is 2.33. The standard InChI is InChI=1S/C15H33O3P/c1-3-5-7-11-15(12-8-6-4-2)13-9-10-14-19(16,17)18/h15H,3-14H2,1-2H3,(H2,16,17,18). The molecule has 0 bridgehead atoms. The lowest BCUT2D eigenvalue weighted by molar-refractivity contribution is 0.359. The molecule has 0 radical (unpaired) electrons. The van der Waals surface area contributed by atoms with Gasteiger partial charge in [0, 0.05) is 6.16 Å². The second-order valence-corrected chi connectivity index (χ2v) is 7.52. The number of hydrogen-bond donors (Lipinski definition) is 2. The van der Waals surface area contributed by atoms with Crippen LogP contribution in [0.5, 0.6) is 0 Å². The quantitative estimate of drug-likeness (QED) is 0.366. The molecule has 4 heteroatoms. The topological polar surface area (TPSA) is 57.5 Å². The second-order valence-electron chi connectivity index (χ2n) is 5.74. The molecule has 0 unspecified atom stereocenters. The zero-order chi connectivity index (χ0) is 14.6. The first kappa shape index (κ1) is 19.1. The predicted molar refractivity (Wildman–Crippen MR) is 82.5 cm³/mol. The van der Waals surface area contributed by atoms with Crippen LogP contribution in [0.4, 0.5) is 0 Å². The van der Waals surface area contributed by atoms with E-state index in [2.05, 4.69) is 13.8 Å². The van der Waals surface area contributed by atoms with Gasteiger partial charge in [0.1, 0.15) is 0 Å². The summed E-state index contributed by atoms with van der Waals surface area (Å²) in [5.41, 5.74) is 0. The van der Waals surface area contributed by atoms with Crippen molar-refractivity contribution in [2.45, 2.75) is 84.5 Å². The zero-order valence-electron chi connectivity index (χ0n) is 12.8. The van der Waals surface area contributed by atoms with Crippen LogP contribution in [0.25, 0.3) is 0 Å². The summed E-state index contributed by atoms with van der Waals surface area (Å²) in [6.45, 7) is 4.46. The molecule has 2 N–H and O–H groups in total. The molecule has 0 saturated heterocycles. The Labute approximate surface area is 119 Å². The van der Waals surface area contributed by atoms with Crippen LogP contribution in [0.3, 0.4) is 0 Å². The zero-order valence-corrected chi connectivity index (χ0v) is 13.7. The van der Waals surface area contributed by atoms with Crippen LogP contribution in [0.1, 0.15) is 84.5 Å². The third kappa shape index (κ3) is 14.4.